The second-order valence-electron chi connectivity index (χ2n) is 4.34. The average Bonchev–Trinajstić information content (AvgIpc) is 2.75. The second-order valence-corrected chi connectivity index (χ2v) is 7.16. The van der Waals surface area contributed by atoms with Gasteiger partial charge in [0.1, 0.15) is 0 Å². The zero-order chi connectivity index (χ0) is 14.0. The Kier molecular flexibility index (Phi) is 4.07. The van der Waals surface area contributed by atoms with Crippen LogP contribution in [0.15, 0.2) is 5.38 Å². The van der Waals surface area contributed by atoms with Crippen LogP contribution in [0.25, 0.3) is 0 Å². The van der Waals surface area contributed by atoms with E-state index in [1.807, 2.05) is 4.90 Å². The Morgan fingerprint density at radius 1 is 1.42 bits per heavy atom. The van der Waals surface area contributed by atoms with E-state index in [4.69, 9.17) is 5.11 Å². The molecule has 0 bridgehead atoms. The fourth-order valence-corrected chi connectivity index (χ4v) is 3.59. The van der Waals surface area contributed by atoms with Gasteiger partial charge in [0, 0.05) is 31.6 Å². The van der Waals surface area contributed by atoms with Crippen LogP contribution in [0.4, 0.5) is 5.13 Å². The van der Waals surface area contributed by atoms with E-state index in [0.29, 0.717) is 31.9 Å². The molecule has 1 fully saturated rings. The summed E-state index contributed by atoms with van der Waals surface area (Å²) in [6.45, 7) is 2.03. The summed E-state index contributed by atoms with van der Waals surface area (Å²) in [4.78, 5) is 16.8. The molecule has 1 aliphatic rings. The Morgan fingerprint density at radius 2 is 2.05 bits per heavy atom. The number of aromatic nitrogens is 1. The SMILES string of the molecule is CS(=O)(=O)N1CCN(c2nc(CC(=O)O)cs2)CC1. The molecule has 2 heterocycles. The molecule has 1 saturated heterocycles. The average molecular weight is 305 g/mol. The Labute approximate surface area is 115 Å². The zero-order valence-corrected chi connectivity index (χ0v) is 12.1. The third-order valence-corrected chi connectivity index (χ3v) is 5.10. The highest BCUT2D eigenvalue weighted by atomic mass is 32.2. The van der Waals surface area contributed by atoms with Gasteiger partial charge in [-0.1, -0.05) is 0 Å². The number of piperazine rings is 1. The fourth-order valence-electron chi connectivity index (χ4n) is 1.89. The van der Waals surface area contributed by atoms with Gasteiger partial charge in [-0.25, -0.2) is 13.4 Å². The smallest absolute Gasteiger partial charge is 0.309 e. The molecule has 7 nitrogen and oxygen atoms in total. The fraction of sp³-hybridized carbons (Fsp3) is 0.600. The molecular weight excluding hydrogens is 290 g/mol. The standard InChI is InChI=1S/C10H15N3O4S2/c1-19(16,17)13-4-2-12(3-5-13)10-11-8(7-18-10)6-9(14)15/h7H,2-6H2,1H3,(H,14,15). The Morgan fingerprint density at radius 3 is 2.58 bits per heavy atom. The number of carboxylic acid groups (broad SMARTS) is 1. The Balaban J connectivity index is 1.98. The summed E-state index contributed by atoms with van der Waals surface area (Å²) in [6, 6.07) is 0. The second kappa shape index (κ2) is 5.43. The molecule has 0 aromatic carbocycles. The molecule has 106 valence electrons. The molecular formula is C10H15N3O4S2. The number of sulfonamides is 1. The predicted molar refractivity (Wildman–Crippen MR) is 72.1 cm³/mol. The van der Waals surface area contributed by atoms with Crippen LogP contribution in [0.5, 0.6) is 0 Å². The zero-order valence-electron chi connectivity index (χ0n) is 10.4. The summed E-state index contributed by atoms with van der Waals surface area (Å²) in [5, 5.41) is 11.2. The van der Waals surface area contributed by atoms with Crippen LogP contribution in [0, 0.1) is 0 Å². The Hall–Kier alpha value is -1.19. The molecule has 1 aromatic rings. The third-order valence-electron chi connectivity index (χ3n) is 2.85. The van der Waals surface area contributed by atoms with Gasteiger partial charge < -0.3 is 10.0 Å². The van der Waals surface area contributed by atoms with Gasteiger partial charge in [-0.3, -0.25) is 4.79 Å². The summed E-state index contributed by atoms with van der Waals surface area (Å²) < 4.78 is 24.2. The van der Waals surface area contributed by atoms with Crippen molar-refractivity contribution in [3.63, 3.8) is 0 Å². The van der Waals surface area contributed by atoms with E-state index < -0.39 is 16.0 Å². The van der Waals surface area contributed by atoms with Gasteiger partial charge in [0.25, 0.3) is 0 Å². The van der Waals surface area contributed by atoms with Gasteiger partial charge >= 0.3 is 5.97 Å². The quantitative estimate of drug-likeness (QED) is 0.832. The highest BCUT2D eigenvalue weighted by molar-refractivity contribution is 7.88. The first kappa shape index (κ1) is 14.2. The van der Waals surface area contributed by atoms with Crippen LogP contribution >= 0.6 is 11.3 Å². The summed E-state index contributed by atoms with van der Waals surface area (Å²) in [5.41, 5.74) is 0.540. The van der Waals surface area contributed by atoms with Gasteiger partial charge in [0.05, 0.1) is 18.4 Å². The molecule has 0 unspecified atom stereocenters. The number of carbonyl (C=O) groups is 1. The summed E-state index contributed by atoms with van der Waals surface area (Å²) in [5.74, 6) is -0.904. The number of thiazole rings is 1. The van der Waals surface area contributed by atoms with E-state index in [2.05, 4.69) is 4.98 Å². The number of carboxylic acids is 1. The van der Waals surface area contributed by atoms with Crippen LogP contribution in [-0.2, 0) is 21.2 Å². The van der Waals surface area contributed by atoms with Crippen molar-refractivity contribution in [2.75, 3.05) is 37.3 Å². The normalized spacial score (nSPS) is 17.6. The largest absolute Gasteiger partial charge is 0.481 e. The molecule has 1 aromatic heterocycles. The number of aliphatic carboxylic acids is 1. The summed E-state index contributed by atoms with van der Waals surface area (Å²) in [7, 11) is -3.13. The number of hydrogen-bond donors (Lipinski definition) is 1. The molecule has 0 spiro atoms. The third kappa shape index (κ3) is 3.64. The molecule has 0 atom stereocenters. The monoisotopic (exact) mass is 305 g/mol. The number of hydrogen-bond acceptors (Lipinski definition) is 6. The molecule has 1 N–H and O–H groups in total. The molecule has 9 heteroatoms. The first-order valence-corrected chi connectivity index (χ1v) is 8.45. The molecule has 0 radical (unpaired) electrons. The number of nitrogens with zero attached hydrogens (tertiary/aromatic N) is 3. The van der Waals surface area contributed by atoms with Crippen LogP contribution < -0.4 is 4.90 Å². The summed E-state index contributed by atoms with van der Waals surface area (Å²) in [6.07, 6.45) is 1.12. The number of rotatable bonds is 4. The van der Waals surface area contributed by atoms with E-state index in [1.165, 1.54) is 21.9 Å². The van der Waals surface area contributed by atoms with Gasteiger partial charge in [-0.05, 0) is 0 Å². The van der Waals surface area contributed by atoms with Crippen LogP contribution in [0.2, 0.25) is 0 Å². The lowest BCUT2D eigenvalue weighted by molar-refractivity contribution is -0.136. The molecule has 0 saturated carbocycles. The minimum absolute atomic E-state index is 0.0835. The summed E-state index contributed by atoms with van der Waals surface area (Å²) >= 11 is 1.39. The van der Waals surface area contributed by atoms with Gasteiger partial charge in [-0.2, -0.15) is 4.31 Å². The molecule has 0 aliphatic carbocycles. The van der Waals surface area contributed by atoms with Gasteiger partial charge in [-0.15, -0.1) is 11.3 Å². The van der Waals surface area contributed by atoms with Gasteiger partial charge in [0.15, 0.2) is 5.13 Å². The maximum atomic E-state index is 11.4. The van der Waals surface area contributed by atoms with E-state index in [0.717, 1.165) is 5.13 Å². The Bertz CT molecular complexity index is 561. The first-order chi connectivity index (χ1) is 8.86. The van der Waals surface area contributed by atoms with Crippen molar-refractivity contribution in [1.82, 2.24) is 9.29 Å². The van der Waals surface area contributed by atoms with E-state index in [-0.39, 0.29) is 6.42 Å². The van der Waals surface area contributed by atoms with Crippen LogP contribution in [0.3, 0.4) is 0 Å². The van der Waals surface area contributed by atoms with Crippen molar-refractivity contribution in [1.29, 1.82) is 0 Å². The minimum Gasteiger partial charge on any atom is -0.481 e. The maximum Gasteiger partial charge on any atom is 0.309 e. The lowest BCUT2D eigenvalue weighted by Crippen LogP contribution is -2.48. The van der Waals surface area contributed by atoms with Crippen molar-refractivity contribution in [2.45, 2.75) is 6.42 Å². The van der Waals surface area contributed by atoms with E-state index in [9.17, 15) is 13.2 Å². The topological polar surface area (TPSA) is 90.8 Å². The minimum atomic E-state index is -3.13. The van der Waals surface area contributed by atoms with Crippen molar-refractivity contribution < 1.29 is 18.3 Å². The van der Waals surface area contributed by atoms with E-state index in [1.54, 1.807) is 5.38 Å². The maximum absolute atomic E-state index is 11.4. The number of anilines is 1. The first-order valence-electron chi connectivity index (χ1n) is 5.72. The van der Waals surface area contributed by atoms with E-state index >= 15 is 0 Å². The van der Waals surface area contributed by atoms with Crippen LogP contribution in [0.1, 0.15) is 5.69 Å². The van der Waals surface area contributed by atoms with Crippen LogP contribution in [-0.4, -0.2) is 61.2 Å². The highest BCUT2D eigenvalue weighted by Crippen LogP contribution is 2.22. The van der Waals surface area contributed by atoms with Crippen molar-refractivity contribution in [3.8, 4) is 0 Å². The molecule has 2 rings (SSSR count). The lowest BCUT2D eigenvalue weighted by Gasteiger charge is -2.32. The molecule has 0 amide bonds. The molecule has 1 aliphatic heterocycles. The van der Waals surface area contributed by atoms with Crippen molar-refractivity contribution >= 4 is 32.5 Å². The predicted octanol–water partition coefficient (Wildman–Crippen LogP) is -0.148. The van der Waals surface area contributed by atoms with Gasteiger partial charge in [0.2, 0.25) is 10.0 Å². The lowest BCUT2D eigenvalue weighted by atomic mass is 10.3. The van der Waals surface area contributed by atoms with Crippen molar-refractivity contribution in [2.24, 2.45) is 0 Å². The van der Waals surface area contributed by atoms with Crippen molar-refractivity contribution in [3.05, 3.63) is 11.1 Å². The molecule has 19 heavy (non-hydrogen) atoms. The highest BCUT2D eigenvalue weighted by Gasteiger charge is 2.24.